The number of esters is 1. The van der Waals surface area contributed by atoms with Crippen molar-refractivity contribution >= 4 is 46.7 Å². The van der Waals surface area contributed by atoms with E-state index in [4.69, 9.17) is 32.7 Å². The molecule has 0 aromatic heterocycles. The first-order valence-corrected chi connectivity index (χ1v) is 11.0. The van der Waals surface area contributed by atoms with Crippen molar-refractivity contribution in [3.63, 3.8) is 0 Å². The molecule has 1 N–H and O–H groups in total. The monoisotopic (exact) mass is 498 g/mol. The lowest BCUT2D eigenvalue weighted by Crippen LogP contribution is -2.44. The van der Waals surface area contributed by atoms with E-state index < -0.39 is 29.9 Å². The van der Waals surface area contributed by atoms with Gasteiger partial charge < -0.3 is 19.7 Å². The van der Waals surface area contributed by atoms with Gasteiger partial charge in [0.2, 0.25) is 0 Å². The third-order valence-corrected chi connectivity index (χ3v) is 6.04. The summed E-state index contributed by atoms with van der Waals surface area (Å²) in [4.78, 5) is 41.8. The van der Waals surface area contributed by atoms with Gasteiger partial charge in [0, 0.05) is 10.0 Å². The summed E-state index contributed by atoms with van der Waals surface area (Å²) in [7, 11) is 2.75. The highest BCUT2D eigenvalue weighted by molar-refractivity contribution is 6.31. The minimum absolute atomic E-state index is 0.191. The first-order valence-electron chi connectivity index (χ1n) is 10.2. The number of carbonyl (C=O) groups excluding carboxylic acids is 3. The maximum atomic E-state index is 13.9. The summed E-state index contributed by atoms with van der Waals surface area (Å²) in [6.45, 7) is 0. The van der Waals surface area contributed by atoms with Gasteiger partial charge in [-0.15, -0.1) is 0 Å². The second-order valence-corrected chi connectivity index (χ2v) is 8.42. The number of halogens is 2. The van der Waals surface area contributed by atoms with Crippen molar-refractivity contribution in [2.24, 2.45) is 0 Å². The van der Waals surface area contributed by atoms with E-state index in [1.54, 1.807) is 54.6 Å². The SMILES string of the molecule is COC(=O)C(c1ccc(Cl)cc1)N1C(=O)c2ccc(Cl)cc2NC(=O)C1c1ccc(OC)cc1. The molecule has 0 bridgehead atoms. The van der Waals surface area contributed by atoms with Crippen LogP contribution in [0, 0.1) is 0 Å². The molecule has 174 valence electrons. The Balaban J connectivity index is 1.95. The Morgan fingerprint density at radius 3 is 2.21 bits per heavy atom. The zero-order valence-electron chi connectivity index (χ0n) is 18.2. The molecule has 1 aliphatic rings. The molecule has 0 spiro atoms. The second-order valence-electron chi connectivity index (χ2n) is 7.54. The normalized spacial score (nSPS) is 16.2. The van der Waals surface area contributed by atoms with Crippen molar-refractivity contribution in [1.29, 1.82) is 0 Å². The van der Waals surface area contributed by atoms with Gasteiger partial charge in [0.1, 0.15) is 11.8 Å². The van der Waals surface area contributed by atoms with Gasteiger partial charge in [-0.3, -0.25) is 9.59 Å². The highest BCUT2D eigenvalue weighted by Crippen LogP contribution is 2.39. The predicted molar refractivity (Wildman–Crippen MR) is 128 cm³/mol. The van der Waals surface area contributed by atoms with Crippen LogP contribution in [0.2, 0.25) is 10.0 Å². The first kappa shape index (κ1) is 23.6. The molecule has 0 saturated heterocycles. The second kappa shape index (κ2) is 9.75. The van der Waals surface area contributed by atoms with Crippen molar-refractivity contribution in [1.82, 2.24) is 4.90 Å². The van der Waals surface area contributed by atoms with Crippen LogP contribution < -0.4 is 10.1 Å². The highest BCUT2D eigenvalue weighted by atomic mass is 35.5. The third-order valence-electron chi connectivity index (χ3n) is 5.55. The molecule has 2 unspecified atom stereocenters. The molecule has 2 atom stereocenters. The van der Waals surface area contributed by atoms with Crippen LogP contribution in [0.4, 0.5) is 5.69 Å². The largest absolute Gasteiger partial charge is 0.497 e. The average Bonchev–Trinajstić information content (AvgIpc) is 2.94. The number of rotatable bonds is 5. The topological polar surface area (TPSA) is 84.9 Å². The Morgan fingerprint density at radius 1 is 0.941 bits per heavy atom. The molecular formula is C25H20Cl2N2O5. The van der Waals surface area contributed by atoms with Crippen LogP contribution in [-0.4, -0.2) is 36.9 Å². The molecule has 1 aliphatic heterocycles. The van der Waals surface area contributed by atoms with Crippen molar-refractivity contribution in [2.75, 3.05) is 19.5 Å². The Bertz CT molecular complexity index is 1250. The third kappa shape index (κ3) is 4.44. The number of nitrogens with one attached hydrogen (secondary N) is 1. The minimum Gasteiger partial charge on any atom is -0.497 e. The van der Waals surface area contributed by atoms with E-state index in [0.717, 1.165) is 0 Å². The summed E-state index contributed by atoms with van der Waals surface area (Å²) in [6.07, 6.45) is 0. The Kier molecular flexibility index (Phi) is 6.77. The molecule has 0 fully saturated rings. The standard InChI is InChI=1S/C25H20Cl2N2O5/c1-33-18-10-5-14(6-11-18)21-23(30)28-20-13-17(27)9-12-19(20)24(31)29(21)22(25(32)34-2)15-3-7-16(26)8-4-15/h3-13,21-22H,1-2H3,(H,28,30). The quantitative estimate of drug-likeness (QED) is 0.497. The number of fused-ring (bicyclic) bond motifs is 1. The van der Waals surface area contributed by atoms with Crippen molar-refractivity contribution in [2.45, 2.75) is 12.1 Å². The molecular weight excluding hydrogens is 479 g/mol. The van der Waals surface area contributed by atoms with E-state index in [1.807, 2.05) is 0 Å². The minimum atomic E-state index is -1.23. The Morgan fingerprint density at radius 2 is 1.59 bits per heavy atom. The number of anilines is 1. The van der Waals surface area contributed by atoms with Gasteiger partial charge >= 0.3 is 5.97 Å². The van der Waals surface area contributed by atoms with E-state index in [9.17, 15) is 14.4 Å². The van der Waals surface area contributed by atoms with E-state index in [0.29, 0.717) is 26.9 Å². The summed E-state index contributed by atoms with van der Waals surface area (Å²) < 4.78 is 10.3. The molecule has 3 aromatic carbocycles. The fourth-order valence-electron chi connectivity index (χ4n) is 3.92. The summed E-state index contributed by atoms with van der Waals surface area (Å²) in [5.41, 5.74) is 1.36. The molecule has 2 amide bonds. The van der Waals surface area contributed by atoms with E-state index in [1.165, 1.54) is 31.3 Å². The van der Waals surface area contributed by atoms with E-state index in [-0.39, 0.29) is 11.3 Å². The fourth-order valence-corrected chi connectivity index (χ4v) is 4.22. The maximum Gasteiger partial charge on any atom is 0.333 e. The van der Waals surface area contributed by atoms with Crippen LogP contribution in [0.3, 0.4) is 0 Å². The number of benzene rings is 3. The van der Waals surface area contributed by atoms with Gasteiger partial charge in [0.05, 0.1) is 25.5 Å². The number of nitrogens with zero attached hydrogens (tertiary/aromatic N) is 1. The zero-order valence-corrected chi connectivity index (χ0v) is 19.8. The number of amides is 2. The lowest BCUT2D eigenvalue weighted by atomic mass is 9.97. The predicted octanol–water partition coefficient (Wildman–Crippen LogP) is 5.05. The maximum absolute atomic E-state index is 13.9. The molecule has 9 heteroatoms. The van der Waals surface area contributed by atoms with Crippen LogP contribution in [0.15, 0.2) is 66.7 Å². The van der Waals surface area contributed by atoms with Crippen LogP contribution in [0.25, 0.3) is 0 Å². The highest BCUT2D eigenvalue weighted by Gasteiger charge is 2.44. The van der Waals surface area contributed by atoms with E-state index >= 15 is 0 Å². The number of hydrogen-bond donors (Lipinski definition) is 1. The van der Waals surface area contributed by atoms with Gasteiger partial charge in [0.15, 0.2) is 6.04 Å². The zero-order chi connectivity index (χ0) is 24.4. The first-order chi connectivity index (χ1) is 16.3. The fraction of sp³-hybridized carbons (Fsp3) is 0.160. The van der Waals surface area contributed by atoms with Gasteiger partial charge in [0.25, 0.3) is 11.8 Å². The smallest absolute Gasteiger partial charge is 0.333 e. The number of carbonyl (C=O) groups is 3. The van der Waals surface area contributed by atoms with Crippen molar-refractivity contribution in [3.05, 3.63) is 93.5 Å². The lowest BCUT2D eigenvalue weighted by molar-refractivity contribution is -0.147. The summed E-state index contributed by atoms with van der Waals surface area (Å²) >= 11 is 12.2. The van der Waals surface area contributed by atoms with Crippen LogP contribution in [-0.2, 0) is 14.3 Å². The molecule has 0 saturated carbocycles. The van der Waals surface area contributed by atoms with Gasteiger partial charge in [-0.05, 0) is 53.6 Å². The van der Waals surface area contributed by atoms with Crippen molar-refractivity contribution in [3.8, 4) is 5.75 Å². The molecule has 34 heavy (non-hydrogen) atoms. The van der Waals surface area contributed by atoms with Crippen molar-refractivity contribution < 1.29 is 23.9 Å². The molecule has 3 aromatic rings. The molecule has 1 heterocycles. The van der Waals surface area contributed by atoms with Gasteiger partial charge in [-0.1, -0.05) is 47.5 Å². The average molecular weight is 499 g/mol. The number of hydrogen-bond acceptors (Lipinski definition) is 5. The summed E-state index contributed by atoms with van der Waals surface area (Å²) in [6, 6.07) is 15.3. The van der Waals surface area contributed by atoms with Crippen LogP contribution >= 0.6 is 23.2 Å². The Labute approximate surface area is 206 Å². The summed E-state index contributed by atoms with van der Waals surface area (Å²) in [5, 5.41) is 3.59. The lowest BCUT2D eigenvalue weighted by Gasteiger charge is -2.35. The Hall–Kier alpha value is -3.55. The molecule has 0 radical (unpaired) electrons. The summed E-state index contributed by atoms with van der Waals surface area (Å²) in [5.74, 6) is -1.19. The van der Waals surface area contributed by atoms with Gasteiger partial charge in [-0.25, -0.2) is 4.79 Å². The number of ether oxygens (including phenoxy) is 2. The molecule has 4 rings (SSSR count). The van der Waals surface area contributed by atoms with E-state index in [2.05, 4.69) is 5.32 Å². The molecule has 0 aliphatic carbocycles. The van der Waals surface area contributed by atoms with Crippen LogP contribution in [0.5, 0.6) is 5.75 Å². The molecule has 7 nitrogen and oxygen atoms in total. The van der Waals surface area contributed by atoms with Gasteiger partial charge in [-0.2, -0.15) is 0 Å². The number of methoxy groups -OCH3 is 2. The van der Waals surface area contributed by atoms with Crippen LogP contribution in [0.1, 0.15) is 33.6 Å².